The number of ether oxygens (including phenoxy) is 1. The molecule has 3 rings (SSSR count). The van der Waals surface area contributed by atoms with Gasteiger partial charge in [-0.25, -0.2) is 4.79 Å². The number of rotatable bonds is 4. The van der Waals surface area contributed by atoms with Gasteiger partial charge in [-0.15, -0.1) is 0 Å². The van der Waals surface area contributed by atoms with E-state index in [1.807, 2.05) is 36.4 Å². The molecule has 0 bridgehead atoms. The first-order chi connectivity index (χ1) is 10.8. The Hall–Kier alpha value is -2.41. The number of carbonyl (C=O) groups is 1. The van der Waals surface area contributed by atoms with Crippen molar-refractivity contribution >= 4 is 22.7 Å². The van der Waals surface area contributed by atoms with Gasteiger partial charge >= 0.3 is 6.03 Å². The summed E-state index contributed by atoms with van der Waals surface area (Å²) in [5.74, 6) is 0.613. The van der Waals surface area contributed by atoms with Gasteiger partial charge in [0.05, 0.1) is 12.8 Å². The minimum absolute atomic E-state index is 0.0325. The predicted molar refractivity (Wildman–Crippen MR) is 85.6 cm³/mol. The highest BCUT2D eigenvalue weighted by Gasteiger charge is 2.13. The average Bonchev–Trinajstić information content (AvgIpc) is 3.03. The van der Waals surface area contributed by atoms with Crippen LogP contribution in [0.1, 0.15) is 12.8 Å². The van der Waals surface area contributed by atoms with Gasteiger partial charge < -0.3 is 10.1 Å². The summed E-state index contributed by atoms with van der Waals surface area (Å²) in [5, 5.41) is 5.95. The van der Waals surface area contributed by atoms with Crippen molar-refractivity contribution < 1.29 is 9.53 Å². The van der Waals surface area contributed by atoms with E-state index in [1.165, 1.54) is 0 Å². The minimum Gasteiger partial charge on any atom is -0.497 e. The number of hydrogen-bond acceptors (Lipinski definition) is 5. The second kappa shape index (κ2) is 7.04. The molecular formula is C15H16N4O2S. The van der Waals surface area contributed by atoms with E-state index in [4.69, 9.17) is 4.74 Å². The van der Waals surface area contributed by atoms with Crippen LogP contribution < -0.4 is 10.6 Å². The number of amides is 2. The monoisotopic (exact) mass is 316 g/mol. The van der Waals surface area contributed by atoms with Gasteiger partial charge in [-0.3, -0.25) is 5.32 Å². The molecule has 0 radical (unpaired) electrons. The molecule has 2 heterocycles. The molecule has 1 aliphatic heterocycles. The summed E-state index contributed by atoms with van der Waals surface area (Å²) in [4.78, 5) is 16.2. The molecule has 1 aromatic carbocycles. The van der Waals surface area contributed by atoms with Crippen molar-refractivity contribution in [3.05, 3.63) is 42.7 Å². The number of nitrogens with zero attached hydrogens (tertiary/aromatic N) is 2. The number of hydrogen-bond donors (Lipinski definition) is 2. The van der Waals surface area contributed by atoms with Gasteiger partial charge in [0.1, 0.15) is 6.10 Å². The Morgan fingerprint density at radius 2 is 2.23 bits per heavy atom. The van der Waals surface area contributed by atoms with E-state index in [-0.39, 0.29) is 12.1 Å². The average molecular weight is 316 g/mol. The van der Waals surface area contributed by atoms with Gasteiger partial charge in [0.25, 0.3) is 0 Å². The lowest BCUT2D eigenvalue weighted by molar-refractivity contribution is 0.124. The highest BCUT2D eigenvalue weighted by Crippen LogP contribution is 2.20. The smallest absolute Gasteiger partial charge is 0.321 e. The maximum Gasteiger partial charge on any atom is 0.321 e. The summed E-state index contributed by atoms with van der Waals surface area (Å²) in [5.41, 5.74) is 0.926. The maximum atomic E-state index is 11.8. The van der Waals surface area contributed by atoms with Crippen LogP contribution >= 0.6 is 11.5 Å². The molecule has 22 heavy (non-hydrogen) atoms. The third-order valence-corrected chi connectivity index (χ3v) is 3.82. The Labute approximate surface area is 132 Å². The molecule has 6 nitrogen and oxygen atoms in total. The summed E-state index contributed by atoms with van der Waals surface area (Å²) < 4.78 is 9.64. The van der Waals surface area contributed by atoms with Crippen molar-refractivity contribution in [2.24, 2.45) is 0 Å². The standard InChI is InChI=1S/C15H16N4O2S/c20-14(16-10-12-8-4-5-9-21-12)18-15-17-13(19-22-15)11-6-2-1-3-7-11/h1-3,5-7,9,12H,4,8,10H2,(H2,16,17,18,19,20). The van der Waals surface area contributed by atoms with Crippen LogP contribution in [0, 0.1) is 0 Å². The second-order valence-electron chi connectivity index (χ2n) is 4.83. The zero-order valence-electron chi connectivity index (χ0n) is 11.9. The van der Waals surface area contributed by atoms with Crippen molar-refractivity contribution in [1.29, 1.82) is 0 Å². The molecule has 0 saturated heterocycles. The Bertz CT molecular complexity index is 657. The molecule has 0 spiro atoms. The van der Waals surface area contributed by atoms with Gasteiger partial charge in [0, 0.05) is 17.1 Å². The quantitative estimate of drug-likeness (QED) is 0.909. The highest BCUT2D eigenvalue weighted by atomic mass is 32.1. The first-order valence-electron chi connectivity index (χ1n) is 7.06. The van der Waals surface area contributed by atoms with Crippen LogP contribution in [0.4, 0.5) is 9.93 Å². The summed E-state index contributed by atoms with van der Waals surface area (Å²) in [7, 11) is 0. The normalized spacial score (nSPS) is 16.8. The van der Waals surface area contributed by atoms with Crippen molar-refractivity contribution in [1.82, 2.24) is 14.7 Å². The van der Waals surface area contributed by atoms with E-state index < -0.39 is 0 Å². The largest absolute Gasteiger partial charge is 0.497 e. The fourth-order valence-electron chi connectivity index (χ4n) is 2.06. The number of urea groups is 1. The third-order valence-electron chi connectivity index (χ3n) is 3.19. The van der Waals surface area contributed by atoms with Crippen LogP contribution in [0.15, 0.2) is 42.7 Å². The minimum atomic E-state index is -0.297. The van der Waals surface area contributed by atoms with Gasteiger partial charge in [-0.05, 0) is 18.9 Å². The Morgan fingerprint density at radius 3 is 3.00 bits per heavy atom. The number of allylic oxidation sites excluding steroid dienone is 1. The fraction of sp³-hybridized carbons (Fsp3) is 0.267. The van der Waals surface area contributed by atoms with E-state index in [0.717, 1.165) is 29.9 Å². The molecule has 2 amide bonds. The molecule has 0 aliphatic carbocycles. The predicted octanol–water partition coefficient (Wildman–Crippen LogP) is 3.02. The maximum absolute atomic E-state index is 11.8. The molecule has 1 aliphatic rings. The second-order valence-corrected chi connectivity index (χ2v) is 5.58. The van der Waals surface area contributed by atoms with Gasteiger partial charge in [-0.1, -0.05) is 30.3 Å². The van der Waals surface area contributed by atoms with E-state index >= 15 is 0 Å². The van der Waals surface area contributed by atoms with Crippen LogP contribution in [0.25, 0.3) is 11.4 Å². The number of carbonyl (C=O) groups excluding carboxylic acids is 1. The Morgan fingerprint density at radius 1 is 1.36 bits per heavy atom. The first kappa shape index (κ1) is 14.5. The molecular weight excluding hydrogens is 300 g/mol. The molecule has 2 aromatic rings. The Kier molecular flexibility index (Phi) is 4.65. The van der Waals surface area contributed by atoms with Crippen molar-refractivity contribution in [2.45, 2.75) is 18.9 Å². The van der Waals surface area contributed by atoms with Crippen LogP contribution in [0.5, 0.6) is 0 Å². The van der Waals surface area contributed by atoms with E-state index in [1.54, 1.807) is 6.26 Å². The summed E-state index contributed by atoms with van der Waals surface area (Å²) >= 11 is 1.16. The lowest BCUT2D eigenvalue weighted by atomic mass is 10.1. The molecule has 7 heteroatoms. The Balaban J connectivity index is 1.51. The number of anilines is 1. The number of nitrogens with one attached hydrogen (secondary N) is 2. The molecule has 1 aromatic heterocycles. The molecule has 1 unspecified atom stereocenters. The molecule has 114 valence electrons. The van der Waals surface area contributed by atoms with E-state index in [9.17, 15) is 4.79 Å². The molecule has 0 fully saturated rings. The number of benzene rings is 1. The fourth-order valence-corrected chi connectivity index (χ4v) is 2.65. The topological polar surface area (TPSA) is 76.1 Å². The SMILES string of the molecule is O=C(NCC1CCC=CO1)Nc1nc(-c2ccccc2)ns1. The van der Waals surface area contributed by atoms with Crippen LogP contribution in [-0.4, -0.2) is 28.0 Å². The lowest BCUT2D eigenvalue weighted by Gasteiger charge is -2.19. The van der Waals surface area contributed by atoms with Crippen LogP contribution in [-0.2, 0) is 4.74 Å². The van der Waals surface area contributed by atoms with E-state index in [2.05, 4.69) is 20.0 Å². The van der Waals surface area contributed by atoms with Crippen LogP contribution in [0.3, 0.4) is 0 Å². The summed E-state index contributed by atoms with van der Waals surface area (Å²) in [6, 6.07) is 9.35. The van der Waals surface area contributed by atoms with Crippen molar-refractivity contribution in [3.8, 4) is 11.4 Å². The molecule has 2 N–H and O–H groups in total. The first-order valence-corrected chi connectivity index (χ1v) is 7.83. The summed E-state index contributed by atoms with van der Waals surface area (Å²) in [6.07, 6.45) is 5.58. The molecule has 1 atom stereocenters. The zero-order chi connectivity index (χ0) is 15.2. The zero-order valence-corrected chi connectivity index (χ0v) is 12.7. The highest BCUT2D eigenvalue weighted by molar-refractivity contribution is 7.10. The van der Waals surface area contributed by atoms with Gasteiger partial charge in [0.2, 0.25) is 5.13 Å². The summed E-state index contributed by atoms with van der Waals surface area (Å²) in [6.45, 7) is 0.473. The van der Waals surface area contributed by atoms with Gasteiger partial charge in [-0.2, -0.15) is 9.36 Å². The number of aromatic nitrogens is 2. The van der Waals surface area contributed by atoms with Crippen molar-refractivity contribution in [2.75, 3.05) is 11.9 Å². The lowest BCUT2D eigenvalue weighted by Crippen LogP contribution is -2.36. The van der Waals surface area contributed by atoms with Crippen molar-refractivity contribution in [3.63, 3.8) is 0 Å². The van der Waals surface area contributed by atoms with Crippen LogP contribution in [0.2, 0.25) is 0 Å². The third kappa shape index (κ3) is 3.82. The molecule has 0 saturated carbocycles. The van der Waals surface area contributed by atoms with E-state index in [0.29, 0.717) is 17.5 Å². The van der Waals surface area contributed by atoms with Gasteiger partial charge in [0.15, 0.2) is 5.82 Å².